The lowest BCUT2D eigenvalue weighted by molar-refractivity contribution is -0.136. The predicted octanol–water partition coefficient (Wildman–Crippen LogP) is 7.53. The summed E-state index contributed by atoms with van der Waals surface area (Å²) in [6.45, 7) is 8.41. The molecule has 0 bridgehead atoms. The highest BCUT2D eigenvalue weighted by molar-refractivity contribution is 5.70. The molecule has 0 aromatic heterocycles. The van der Waals surface area contributed by atoms with Crippen molar-refractivity contribution in [3.63, 3.8) is 0 Å². The minimum Gasteiger partial charge on any atom is -0.493 e. The van der Waals surface area contributed by atoms with Crippen LogP contribution in [0.3, 0.4) is 0 Å². The van der Waals surface area contributed by atoms with Crippen molar-refractivity contribution < 1.29 is 32.9 Å². The number of rotatable bonds is 11. The lowest BCUT2D eigenvalue weighted by Crippen LogP contribution is -2.07. The van der Waals surface area contributed by atoms with E-state index in [4.69, 9.17) is 19.3 Å². The molecule has 1 N–H and O–H groups in total. The van der Waals surface area contributed by atoms with E-state index in [0.29, 0.717) is 42.4 Å². The molecule has 0 heterocycles. The van der Waals surface area contributed by atoms with Crippen LogP contribution in [0.25, 0.3) is 0 Å². The third-order valence-electron chi connectivity index (χ3n) is 4.93. The number of benzene rings is 3. The van der Waals surface area contributed by atoms with E-state index in [1.165, 1.54) is 18.2 Å². The molecule has 0 atom stereocenters. The largest absolute Gasteiger partial charge is 0.493 e. The molecule has 0 spiro atoms. The minimum absolute atomic E-state index is 0.0355. The molecule has 0 radical (unpaired) electrons. The summed E-state index contributed by atoms with van der Waals surface area (Å²) in [6, 6.07) is 16.7. The van der Waals surface area contributed by atoms with Crippen LogP contribution in [-0.2, 0) is 11.2 Å². The Morgan fingerprint density at radius 2 is 1.49 bits per heavy atom. The number of carbonyl (C=O) groups is 1. The molecule has 3 rings (SSSR count). The second-order valence-corrected chi connectivity index (χ2v) is 7.60. The van der Waals surface area contributed by atoms with E-state index in [9.17, 15) is 13.6 Å². The molecule has 0 fully saturated rings. The standard InChI is InChI=1S/C26H26F2O5.C2H6/c1-17-6-3-4-7-22(17)33-24-16-20(26(27)28)9-11-23(24)32-13-5-12-31-21-10-8-19(14-18(21)2)15-25(29)30;1-2/h3-4,6-11,14,16,26H,5,12-13,15H2,1-2H3,(H,29,30);1-2H3. The van der Waals surface area contributed by atoms with Gasteiger partial charge in [-0.05, 0) is 60.9 Å². The molecule has 0 saturated heterocycles. The van der Waals surface area contributed by atoms with E-state index in [-0.39, 0.29) is 17.7 Å². The van der Waals surface area contributed by atoms with Gasteiger partial charge in [-0.25, -0.2) is 8.78 Å². The van der Waals surface area contributed by atoms with Gasteiger partial charge in [0.1, 0.15) is 11.5 Å². The quantitative estimate of drug-likeness (QED) is 0.284. The van der Waals surface area contributed by atoms with Crippen molar-refractivity contribution in [2.45, 2.75) is 47.0 Å². The molecule has 0 amide bonds. The van der Waals surface area contributed by atoms with Crippen molar-refractivity contribution in [1.82, 2.24) is 0 Å². The Bertz CT molecular complexity index is 1100. The number of alkyl halides is 2. The number of para-hydroxylation sites is 1. The highest BCUT2D eigenvalue weighted by atomic mass is 19.3. The molecule has 3 aromatic carbocycles. The molecule has 5 nitrogen and oxygen atoms in total. The topological polar surface area (TPSA) is 65.0 Å². The van der Waals surface area contributed by atoms with Crippen LogP contribution in [0.2, 0.25) is 0 Å². The molecule has 188 valence electrons. The van der Waals surface area contributed by atoms with Crippen molar-refractivity contribution >= 4 is 5.97 Å². The maximum absolute atomic E-state index is 13.2. The van der Waals surface area contributed by atoms with Crippen LogP contribution in [0, 0.1) is 13.8 Å². The summed E-state index contributed by atoms with van der Waals surface area (Å²) >= 11 is 0. The fourth-order valence-corrected chi connectivity index (χ4v) is 3.23. The van der Waals surface area contributed by atoms with E-state index >= 15 is 0 Å². The average Bonchev–Trinajstić information content (AvgIpc) is 2.83. The maximum Gasteiger partial charge on any atom is 0.307 e. The van der Waals surface area contributed by atoms with Gasteiger partial charge < -0.3 is 19.3 Å². The van der Waals surface area contributed by atoms with Gasteiger partial charge in [0.2, 0.25) is 0 Å². The molecular formula is C28H32F2O5. The summed E-state index contributed by atoms with van der Waals surface area (Å²) in [5, 5.41) is 8.89. The van der Waals surface area contributed by atoms with Crippen LogP contribution < -0.4 is 14.2 Å². The number of ether oxygens (including phenoxy) is 3. The van der Waals surface area contributed by atoms with Crippen LogP contribution in [0.15, 0.2) is 60.7 Å². The van der Waals surface area contributed by atoms with Crippen molar-refractivity contribution in [2.75, 3.05) is 13.2 Å². The fourth-order valence-electron chi connectivity index (χ4n) is 3.23. The molecule has 0 unspecified atom stereocenters. The van der Waals surface area contributed by atoms with Crippen LogP contribution in [0.4, 0.5) is 8.78 Å². The van der Waals surface area contributed by atoms with Gasteiger partial charge in [0.15, 0.2) is 11.5 Å². The smallest absolute Gasteiger partial charge is 0.307 e. The molecule has 0 aliphatic carbocycles. The van der Waals surface area contributed by atoms with Crippen LogP contribution >= 0.6 is 0 Å². The molecule has 0 aliphatic rings. The highest BCUT2D eigenvalue weighted by Gasteiger charge is 2.14. The summed E-state index contributed by atoms with van der Waals surface area (Å²) in [5.41, 5.74) is 2.30. The van der Waals surface area contributed by atoms with E-state index in [2.05, 4.69) is 0 Å². The summed E-state index contributed by atoms with van der Waals surface area (Å²) in [4.78, 5) is 10.8. The first-order valence-electron chi connectivity index (χ1n) is 11.6. The first-order valence-corrected chi connectivity index (χ1v) is 11.6. The fraction of sp³-hybridized carbons (Fsp3) is 0.321. The Labute approximate surface area is 205 Å². The first-order chi connectivity index (χ1) is 16.8. The lowest BCUT2D eigenvalue weighted by Gasteiger charge is -2.15. The van der Waals surface area contributed by atoms with Gasteiger partial charge in [0.25, 0.3) is 6.43 Å². The van der Waals surface area contributed by atoms with E-state index in [0.717, 1.165) is 11.1 Å². The summed E-state index contributed by atoms with van der Waals surface area (Å²) in [5.74, 6) is 0.963. The predicted molar refractivity (Wildman–Crippen MR) is 132 cm³/mol. The second kappa shape index (κ2) is 13.9. The van der Waals surface area contributed by atoms with E-state index in [1.54, 1.807) is 24.3 Å². The summed E-state index contributed by atoms with van der Waals surface area (Å²) < 4.78 is 43.8. The Hall–Kier alpha value is -3.61. The molecule has 0 aliphatic heterocycles. The monoisotopic (exact) mass is 486 g/mol. The Kier molecular flexibility index (Phi) is 11.0. The van der Waals surface area contributed by atoms with Crippen molar-refractivity contribution in [1.29, 1.82) is 0 Å². The maximum atomic E-state index is 13.2. The molecule has 35 heavy (non-hydrogen) atoms. The van der Waals surface area contributed by atoms with Gasteiger partial charge in [0.05, 0.1) is 19.6 Å². The van der Waals surface area contributed by atoms with Gasteiger partial charge in [-0.1, -0.05) is 44.2 Å². The molecule has 3 aromatic rings. The number of aliphatic carboxylic acids is 1. The van der Waals surface area contributed by atoms with Crippen LogP contribution in [-0.4, -0.2) is 24.3 Å². The third-order valence-corrected chi connectivity index (χ3v) is 4.93. The van der Waals surface area contributed by atoms with Crippen LogP contribution in [0.1, 0.15) is 48.9 Å². The minimum atomic E-state index is -2.61. The number of aryl methyl sites for hydroxylation is 2. The number of hydrogen-bond acceptors (Lipinski definition) is 4. The Balaban J connectivity index is 0.00000210. The molecule has 0 saturated carbocycles. The summed E-state index contributed by atoms with van der Waals surface area (Å²) in [7, 11) is 0. The van der Waals surface area contributed by atoms with Gasteiger partial charge in [-0.3, -0.25) is 4.79 Å². The van der Waals surface area contributed by atoms with Gasteiger partial charge >= 0.3 is 5.97 Å². The Morgan fingerprint density at radius 3 is 2.11 bits per heavy atom. The second-order valence-electron chi connectivity index (χ2n) is 7.60. The van der Waals surface area contributed by atoms with Gasteiger partial charge in [-0.15, -0.1) is 0 Å². The average molecular weight is 487 g/mol. The number of halogens is 2. The molecular weight excluding hydrogens is 454 g/mol. The SMILES string of the molecule is CC.Cc1cc(CC(=O)O)ccc1OCCCOc1ccc(C(F)F)cc1Oc1ccccc1C. The van der Waals surface area contributed by atoms with Crippen molar-refractivity contribution in [3.8, 4) is 23.0 Å². The zero-order valence-electron chi connectivity index (χ0n) is 20.5. The third kappa shape index (κ3) is 8.59. The number of carboxylic acid groups (broad SMARTS) is 1. The van der Waals surface area contributed by atoms with Crippen molar-refractivity contribution in [3.05, 3.63) is 82.9 Å². The number of carboxylic acids is 1. The Morgan fingerprint density at radius 1 is 0.829 bits per heavy atom. The zero-order valence-corrected chi connectivity index (χ0v) is 20.5. The number of hydrogen-bond donors (Lipinski definition) is 1. The highest BCUT2D eigenvalue weighted by Crippen LogP contribution is 2.36. The lowest BCUT2D eigenvalue weighted by atomic mass is 10.1. The van der Waals surface area contributed by atoms with Gasteiger partial charge in [-0.2, -0.15) is 0 Å². The van der Waals surface area contributed by atoms with Crippen molar-refractivity contribution in [2.24, 2.45) is 0 Å². The summed E-state index contributed by atoms with van der Waals surface area (Å²) in [6.07, 6.45) is -2.10. The van der Waals surface area contributed by atoms with E-state index in [1.807, 2.05) is 45.9 Å². The van der Waals surface area contributed by atoms with Gasteiger partial charge in [0, 0.05) is 12.0 Å². The normalized spacial score (nSPS) is 10.4. The van der Waals surface area contributed by atoms with E-state index < -0.39 is 12.4 Å². The molecule has 7 heteroatoms. The van der Waals surface area contributed by atoms with Crippen LogP contribution in [0.5, 0.6) is 23.0 Å². The zero-order chi connectivity index (χ0) is 25.8. The first kappa shape index (κ1) is 27.6.